The Morgan fingerprint density at radius 3 is 2.00 bits per heavy atom. The molecule has 0 bridgehead atoms. The minimum atomic E-state index is -0.631. The molecule has 0 aliphatic carbocycles. The summed E-state index contributed by atoms with van der Waals surface area (Å²) in [6, 6.07) is 13.8. The average Bonchev–Trinajstić information content (AvgIpc) is 2.60. The molecular weight excluding hydrogens is 342 g/mol. The van der Waals surface area contributed by atoms with Crippen molar-refractivity contribution < 1.29 is 9.53 Å². The second-order valence-corrected chi connectivity index (χ2v) is 6.29. The number of ether oxygens (including phenoxy) is 1. The van der Waals surface area contributed by atoms with E-state index >= 15 is 0 Å². The number of nitrogens with zero attached hydrogens (tertiary/aromatic N) is 3. The molecule has 2 N–H and O–H groups in total. The van der Waals surface area contributed by atoms with Crippen LogP contribution >= 0.6 is 0 Å². The molecule has 0 unspecified atom stereocenters. The fourth-order valence-electron chi connectivity index (χ4n) is 2.70. The number of hydrogen-bond acceptors (Lipinski definition) is 7. The first-order valence-electron chi connectivity index (χ1n) is 8.46. The van der Waals surface area contributed by atoms with Crippen LogP contribution in [0.3, 0.4) is 0 Å². The van der Waals surface area contributed by atoms with Gasteiger partial charge in [-0.2, -0.15) is 15.0 Å². The fraction of sp³-hybridized carbons (Fsp3) is 0.200. The van der Waals surface area contributed by atoms with Gasteiger partial charge in [-0.3, -0.25) is 0 Å². The van der Waals surface area contributed by atoms with Gasteiger partial charge in [-0.1, -0.05) is 18.2 Å². The minimum absolute atomic E-state index is 0.0745. The van der Waals surface area contributed by atoms with Crippen LogP contribution in [0, 0.1) is 20.8 Å². The lowest BCUT2D eigenvalue weighted by Crippen LogP contribution is -2.13. The number of nitrogens with one attached hydrogen (secondary N) is 2. The SMILES string of the molecule is COC(=O)c1nc(Nc2cccc(C)c2)nc(Nc2cc(C)cc(C)c2)n1. The Morgan fingerprint density at radius 1 is 0.815 bits per heavy atom. The van der Waals surface area contributed by atoms with Gasteiger partial charge >= 0.3 is 5.97 Å². The summed E-state index contributed by atoms with van der Waals surface area (Å²) >= 11 is 0. The first kappa shape index (κ1) is 18.3. The molecule has 7 heteroatoms. The lowest BCUT2D eigenvalue weighted by atomic mass is 10.1. The fourth-order valence-corrected chi connectivity index (χ4v) is 2.70. The molecule has 27 heavy (non-hydrogen) atoms. The lowest BCUT2D eigenvalue weighted by molar-refractivity contribution is 0.0586. The summed E-state index contributed by atoms with van der Waals surface area (Å²) in [6.45, 7) is 6.01. The van der Waals surface area contributed by atoms with Gasteiger partial charge in [0.2, 0.25) is 17.7 Å². The predicted octanol–water partition coefficient (Wildman–Crippen LogP) is 4.07. The van der Waals surface area contributed by atoms with E-state index in [1.807, 2.05) is 57.2 Å². The third-order valence-corrected chi connectivity index (χ3v) is 3.76. The van der Waals surface area contributed by atoms with E-state index in [1.165, 1.54) is 7.11 Å². The van der Waals surface area contributed by atoms with Crippen molar-refractivity contribution in [3.05, 3.63) is 65.0 Å². The topological polar surface area (TPSA) is 89.0 Å². The van der Waals surface area contributed by atoms with Crippen molar-refractivity contribution in [2.45, 2.75) is 20.8 Å². The number of esters is 1. The standard InChI is InChI=1S/C20H21N5O2/c1-12-6-5-7-15(9-12)21-19-23-17(18(26)27-4)24-20(25-19)22-16-10-13(2)8-14(3)11-16/h5-11H,1-4H3,(H2,21,22,23,24,25). The molecule has 2 aromatic carbocycles. The maximum atomic E-state index is 12.0. The van der Waals surface area contributed by atoms with Crippen LogP contribution in [-0.4, -0.2) is 28.0 Å². The molecule has 0 fully saturated rings. The summed E-state index contributed by atoms with van der Waals surface area (Å²) in [6.07, 6.45) is 0. The summed E-state index contributed by atoms with van der Waals surface area (Å²) in [5, 5.41) is 6.24. The number of benzene rings is 2. The molecule has 0 radical (unpaired) electrons. The van der Waals surface area contributed by atoms with E-state index in [0.29, 0.717) is 0 Å². The van der Waals surface area contributed by atoms with Gasteiger partial charge < -0.3 is 15.4 Å². The Hall–Kier alpha value is -3.48. The van der Waals surface area contributed by atoms with Crippen LogP contribution < -0.4 is 10.6 Å². The van der Waals surface area contributed by atoms with E-state index in [4.69, 9.17) is 4.74 Å². The molecule has 0 saturated heterocycles. The molecule has 1 heterocycles. The van der Waals surface area contributed by atoms with Crippen molar-refractivity contribution in [2.24, 2.45) is 0 Å². The molecule has 0 aliphatic heterocycles. The van der Waals surface area contributed by atoms with Crippen LogP contribution in [0.4, 0.5) is 23.3 Å². The van der Waals surface area contributed by atoms with Gasteiger partial charge in [0.15, 0.2) is 0 Å². The summed E-state index contributed by atoms with van der Waals surface area (Å²) in [4.78, 5) is 24.7. The normalized spacial score (nSPS) is 10.4. The monoisotopic (exact) mass is 363 g/mol. The van der Waals surface area contributed by atoms with Crippen molar-refractivity contribution in [3.8, 4) is 0 Å². The first-order valence-corrected chi connectivity index (χ1v) is 8.46. The van der Waals surface area contributed by atoms with E-state index in [1.54, 1.807) is 0 Å². The molecule has 0 amide bonds. The quantitative estimate of drug-likeness (QED) is 0.660. The van der Waals surface area contributed by atoms with Crippen LogP contribution in [0.2, 0.25) is 0 Å². The van der Waals surface area contributed by atoms with Gasteiger partial charge in [0, 0.05) is 11.4 Å². The highest BCUT2D eigenvalue weighted by molar-refractivity contribution is 5.86. The van der Waals surface area contributed by atoms with Crippen LogP contribution in [0.15, 0.2) is 42.5 Å². The number of carbonyl (C=O) groups excluding carboxylic acids is 1. The zero-order valence-corrected chi connectivity index (χ0v) is 15.7. The van der Waals surface area contributed by atoms with Crippen LogP contribution in [0.1, 0.15) is 27.3 Å². The molecule has 3 aromatic rings. The third-order valence-electron chi connectivity index (χ3n) is 3.76. The van der Waals surface area contributed by atoms with E-state index in [0.717, 1.165) is 28.1 Å². The highest BCUT2D eigenvalue weighted by Gasteiger charge is 2.15. The third kappa shape index (κ3) is 4.78. The molecule has 0 atom stereocenters. The predicted molar refractivity (Wildman–Crippen MR) is 105 cm³/mol. The number of aryl methyl sites for hydroxylation is 3. The Morgan fingerprint density at radius 2 is 1.41 bits per heavy atom. The molecule has 0 saturated carbocycles. The number of methoxy groups -OCH3 is 1. The van der Waals surface area contributed by atoms with Crippen LogP contribution in [0.5, 0.6) is 0 Å². The first-order chi connectivity index (χ1) is 12.9. The largest absolute Gasteiger partial charge is 0.463 e. The number of aromatic nitrogens is 3. The van der Waals surface area contributed by atoms with Gasteiger partial charge in [-0.15, -0.1) is 0 Å². The molecule has 3 rings (SSSR count). The van der Waals surface area contributed by atoms with Gasteiger partial charge in [0.25, 0.3) is 0 Å². The highest BCUT2D eigenvalue weighted by Crippen LogP contribution is 2.20. The Balaban J connectivity index is 1.96. The summed E-state index contributed by atoms with van der Waals surface area (Å²) in [7, 11) is 1.29. The number of carbonyl (C=O) groups is 1. The van der Waals surface area contributed by atoms with Gasteiger partial charge in [0.1, 0.15) is 0 Å². The molecular formula is C20H21N5O2. The average molecular weight is 363 g/mol. The van der Waals surface area contributed by atoms with Gasteiger partial charge in [0.05, 0.1) is 7.11 Å². The number of anilines is 4. The minimum Gasteiger partial charge on any atom is -0.463 e. The smallest absolute Gasteiger partial charge is 0.376 e. The van der Waals surface area contributed by atoms with E-state index < -0.39 is 5.97 Å². The van der Waals surface area contributed by atoms with Crippen LogP contribution in [-0.2, 0) is 4.74 Å². The molecule has 7 nitrogen and oxygen atoms in total. The maximum absolute atomic E-state index is 12.0. The lowest BCUT2D eigenvalue weighted by Gasteiger charge is -2.11. The van der Waals surface area contributed by atoms with E-state index in [2.05, 4.69) is 31.7 Å². The van der Waals surface area contributed by atoms with E-state index in [9.17, 15) is 4.79 Å². The summed E-state index contributed by atoms with van der Waals surface area (Å²) < 4.78 is 4.76. The second-order valence-electron chi connectivity index (χ2n) is 6.29. The van der Waals surface area contributed by atoms with E-state index in [-0.39, 0.29) is 17.7 Å². The Kier molecular flexibility index (Phi) is 5.30. The molecule has 0 spiro atoms. The second kappa shape index (κ2) is 7.82. The highest BCUT2D eigenvalue weighted by atomic mass is 16.5. The Bertz CT molecular complexity index is 968. The maximum Gasteiger partial charge on any atom is 0.376 e. The van der Waals surface area contributed by atoms with Crippen molar-refractivity contribution in [1.82, 2.24) is 15.0 Å². The zero-order valence-electron chi connectivity index (χ0n) is 15.7. The van der Waals surface area contributed by atoms with Gasteiger partial charge in [-0.05, 0) is 61.7 Å². The van der Waals surface area contributed by atoms with Crippen molar-refractivity contribution in [2.75, 3.05) is 17.7 Å². The summed E-state index contributed by atoms with van der Waals surface area (Å²) in [5.74, 6) is -0.198. The zero-order chi connectivity index (χ0) is 19.4. The number of rotatable bonds is 5. The van der Waals surface area contributed by atoms with Crippen molar-refractivity contribution >= 4 is 29.2 Å². The Labute approximate surface area is 157 Å². The molecule has 0 aliphatic rings. The van der Waals surface area contributed by atoms with Crippen molar-refractivity contribution in [3.63, 3.8) is 0 Å². The van der Waals surface area contributed by atoms with Gasteiger partial charge in [-0.25, -0.2) is 4.79 Å². The molecule has 138 valence electrons. The number of hydrogen-bond donors (Lipinski definition) is 2. The van der Waals surface area contributed by atoms with Crippen LogP contribution in [0.25, 0.3) is 0 Å². The molecule has 1 aromatic heterocycles. The summed E-state index contributed by atoms with van der Waals surface area (Å²) in [5.41, 5.74) is 4.96. The van der Waals surface area contributed by atoms with Crippen molar-refractivity contribution in [1.29, 1.82) is 0 Å².